The van der Waals surface area contributed by atoms with Crippen molar-refractivity contribution in [3.8, 4) is 5.88 Å². The van der Waals surface area contributed by atoms with Crippen LogP contribution in [0.2, 0.25) is 0 Å². The number of halogens is 1. The van der Waals surface area contributed by atoms with E-state index >= 15 is 0 Å². The van der Waals surface area contributed by atoms with Crippen molar-refractivity contribution in [2.45, 2.75) is 30.6 Å². The van der Waals surface area contributed by atoms with Crippen molar-refractivity contribution in [1.29, 1.82) is 0 Å². The van der Waals surface area contributed by atoms with Gasteiger partial charge < -0.3 is 14.2 Å². The smallest absolute Gasteiger partial charge is 0.259 e. The first-order chi connectivity index (χ1) is 12.1. The van der Waals surface area contributed by atoms with E-state index in [4.69, 9.17) is 9.26 Å². The molecule has 6 nitrogen and oxygen atoms in total. The monoisotopic (exact) mass is 363 g/mol. The number of likely N-dealkylation sites (tertiary alicyclic amines) is 1. The lowest BCUT2D eigenvalue weighted by molar-refractivity contribution is 0.0512. The second-order valence-corrected chi connectivity index (χ2v) is 7.89. The highest BCUT2D eigenvalue weighted by Crippen LogP contribution is 2.46. The molecule has 0 unspecified atom stereocenters. The summed E-state index contributed by atoms with van der Waals surface area (Å²) in [7, 11) is 0. The average Bonchev–Trinajstić information content (AvgIpc) is 3.22. The number of aryl methyl sites for hydroxylation is 1. The summed E-state index contributed by atoms with van der Waals surface area (Å²) in [5.41, 5.74) is 0.545. The van der Waals surface area contributed by atoms with Gasteiger partial charge in [0.25, 0.3) is 11.8 Å². The second kappa shape index (κ2) is 6.33. The molecule has 2 aliphatic heterocycles. The van der Waals surface area contributed by atoms with Gasteiger partial charge in [0, 0.05) is 37.9 Å². The molecule has 1 atom stereocenters. The zero-order valence-electron chi connectivity index (χ0n) is 13.8. The van der Waals surface area contributed by atoms with Crippen LogP contribution in [0, 0.1) is 5.82 Å². The summed E-state index contributed by atoms with van der Waals surface area (Å²) in [5, 5.41) is 3.72. The largest absolute Gasteiger partial charge is 0.471 e. The van der Waals surface area contributed by atoms with E-state index in [-0.39, 0.29) is 22.6 Å². The second-order valence-electron chi connectivity index (χ2n) is 6.41. The summed E-state index contributed by atoms with van der Waals surface area (Å²) in [6.45, 7) is 3.26. The molecule has 0 aliphatic carbocycles. The Balaban J connectivity index is 1.36. The molecule has 2 aliphatic rings. The van der Waals surface area contributed by atoms with Gasteiger partial charge in [-0.1, -0.05) is 12.1 Å². The summed E-state index contributed by atoms with van der Waals surface area (Å²) in [5.74, 6) is 0.958. The zero-order valence-corrected chi connectivity index (χ0v) is 14.6. The molecule has 0 bridgehead atoms. The summed E-state index contributed by atoms with van der Waals surface area (Å²) >= 11 is 1.78. The third kappa shape index (κ3) is 2.99. The van der Waals surface area contributed by atoms with Gasteiger partial charge in [0.1, 0.15) is 17.4 Å². The van der Waals surface area contributed by atoms with Gasteiger partial charge in [0.15, 0.2) is 5.82 Å². The molecule has 0 radical (unpaired) electrons. The normalized spacial score (nSPS) is 21.4. The third-order valence-electron chi connectivity index (χ3n) is 4.62. The molecule has 2 fully saturated rings. The number of rotatable bonds is 4. The number of nitrogens with zero attached hydrogens (tertiary/aromatic N) is 3. The van der Waals surface area contributed by atoms with Gasteiger partial charge in [0.2, 0.25) is 0 Å². The van der Waals surface area contributed by atoms with E-state index in [9.17, 15) is 9.18 Å². The minimum atomic E-state index is -0.446. The van der Waals surface area contributed by atoms with Crippen LogP contribution in [-0.2, 0) is 6.42 Å². The minimum Gasteiger partial charge on any atom is -0.471 e. The van der Waals surface area contributed by atoms with Crippen LogP contribution in [0.4, 0.5) is 4.39 Å². The maximum atomic E-state index is 13.7. The standard InChI is InChI=1S/C17H18FN3O3S/c1-2-14-12(7-20-24-14)16(22)21-9-17(10-21)6-11(8-25-17)23-15-13(18)4-3-5-19-15/h3-5,7,11H,2,6,8-10H2,1H3/t11-/m0/s1. The van der Waals surface area contributed by atoms with Crippen molar-refractivity contribution in [2.75, 3.05) is 18.8 Å². The summed E-state index contributed by atoms with van der Waals surface area (Å²) in [4.78, 5) is 18.3. The van der Waals surface area contributed by atoms with Crippen LogP contribution in [-0.4, -0.2) is 50.6 Å². The number of hydrogen-bond donors (Lipinski definition) is 0. The first-order valence-corrected chi connectivity index (χ1v) is 9.23. The number of thioether (sulfide) groups is 1. The van der Waals surface area contributed by atoms with Gasteiger partial charge in [0.05, 0.1) is 10.9 Å². The van der Waals surface area contributed by atoms with E-state index in [1.54, 1.807) is 11.8 Å². The van der Waals surface area contributed by atoms with E-state index < -0.39 is 5.82 Å². The summed E-state index contributed by atoms with van der Waals surface area (Å²) in [6.07, 6.45) is 4.34. The lowest BCUT2D eigenvalue weighted by Gasteiger charge is -2.47. The summed E-state index contributed by atoms with van der Waals surface area (Å²) < 4.78 is 24.5. The number of pyridine rings is 1. The molecule has 2 aromatic heterocycles. The highest BCUT2D eigenvalue weighted by atomic mass is 32.2. The Morgan fingerprint density at radius 3 is 3.16 bits per heavy atom. The lowest BCUT2D eigenvalue weighted by Crippen LogP contribution is -2.60. The van der Waals surface area contributed by atoms with E-state index in [0.29, 0.717) is 30.8 Å². The molecule has 8 heteroatoms. The fourth-order valence-electron chi connectivity index (χ4n) is 3.37. The van der Waals surface area contributed by atoms with Gasteiger partial charge in [-0.15, -0.1) is 11.8 Å². The Bertz CT molecular complexity index is 791. The summed E-state index contributed by atoms with van der Waals surface area (Å²) in [6, 6.07) is 2.88. The molecule has 0 N–H and O–H groups in total. The molecule has 25 heavy (non-hydrogen) atoms. The molecule has 0 aromatic carbocycles. The Kier molecular flexibility index (Phi) is 4.15. The van der Waals surface area contributed by atoms with Crippen LogP contribution in [0.1, 0.15) is 29.5 Å². The quantitative estimate of drug-likeness (QED) is 0.832. The number of carbonyl (C=O) groups is 1. The van der Waals surface area contributed by atoms with E-state index in [0.717, 1.165) is 12.2 Å². The van der Waals surface area contributed by atoms with Crippen LogP contribution in [0.15, 0.2) is 29.0 Å². The van der Waals surface area contributed by atoms with Crippen molar-refractivity contribution < 1.29 is 18.4 Å². The van der Waals surface area contributed by atoms with Crippen molar-refractivity contribution in [3.63, 3.8) is 0 Å². The van der Waals surface area contributed by atoms with Crippen LogP contribution >= 0.6 is 11.8 Å². The van der Waals surface area contributed by atoms with E-state index in [1.165, 1.54) is 24.5 Å². The van der Waals surface area contributed by atoms with Crippen molar-refractivity contribution >= 4 is 17.7 Å². The minimum absolute atomic E-state index is 0.00484. The molecule has 1 amide bonds. The molecule has 132 valence electrons. The van der Waals surface area contributed by atoms with Crippen molar-refractivity contribution in [1.82, 2.24) is 15.0 Å². The Hall–Kier alpha value is -2.09. The predicted octanol–water partition coefficient (Wildman–Crippen LogP) is 2.55. The van der Waals surface area contributed by atoms with Crippen molar-refractivity contribution in [3.05, 3.63) is 41.7 Å². The van der Waals surface area contributed by atoms with Crippen LogP contribution in [0.25, 0.3) is 0 Å². The fourth-order valence-corrected chi connectivity index (χ4v) is 4.89. The topological polar surface area (TPSA) is 68.5 Å². The SMILES string of the molecule is CCc1oncc1C(=O)N1CC2(C[C@H](Oc3ncccc3F)CS2)C1. The van der Waals surface area contributed by atoms with Gasteiger partial charge in [-0.3, -0.25) is 4.79 Å². The molecular formula is C17H18FN3O3S. The Morgan fingerprint density at radius 2 is 2.40 bits per heavy atom. The molecule has 1 spiro atoms. The molecule has 2 aromatic rings. The predicted molar refractivity (Wildman–Crippen MR) is 90.2 cm³/mol. The first kappa shape index (κ1) is 16.4. The van der Waals surface area contributed by atoms with Gasteiger partial charge in [-0.2, -0.15) is 0 Å². The molecular weight excluding hydrogens is 345 g/mol. The molecule has 2 saturated heterocycles. The number of hydrogen-bond acceptors (Lipinski definition) is 6. The average molecular weight is 363 g/mol. The van der Waals surface area contributed by atoms with E-state index in [1.807, 2.05) is 11.8 Å². The van der Waals surface area contributed by atoms with Gasteiger partial charge >= 0.3 is 0 Å². The highest BCUT2D eigenvalue weighted by molar-refractivity contribution is 8.01. The van der Waals surface area contributed by atoms with Crippen LogP contribution in [0.5, 0.6) is 5.88 Å². The van der Waals surface area contributed by atoms with Crippen molar-refractivity contribution in [2.24, 2.45) is 0 Å². The highest BCUT2D eigenvalue weighted by Gasteiger charge is 2.51. The van der Waals surface area contributed by atoms with Gasteiger partial charge in [-0.05, 0) is 12.1 Å². The van der Waals surface area contributed by atoms with Crippen LogP contribution in [0.3, 0.4) is 0 Å². The van der Waals surface area contributed by atoms with E-state index in [2.05, 4.69) is 10.1 Å². The number of ether oxygens (including phenoxy) is 1. The number of carbonyl (C=O) groups excluding carboxylic acids is 1. The lowest BCUT2D eigenvalue weighted by atomic mass is 9.92. The van der Waals surface area contributed by atoms with Crippen LogP contribution < -0.4 is 4.74 Å². The Morgan fingerprint density at radius 1 is 1.56 bits per heavy atom. The number of aromatic nitrogens is 2. The molecule has 4 heterocycles. The Labute approximate surface area is 148 Å². The molecule has 4 rings (SSSR count). The third-order valence-corrected chi connectivity index (χ3v) is 6.20. The maximum absolute atomic E-state index is 13.7. The number of amides is 1. The fraction of sp³-hybridized carbons (Fsp3) is 0.471. The molecule has 0 saturated carbocycles. The first-order valence-electron chi connectivity index (χ1n) is 8.24. The van der Waals surface area contributed by atoms with Gasteiger partial charge in [-0.25, -0.2) is 9.37 Å². The maximum Gasteiger partial charge on any atom is 0.259 e. The zero-order chi connectivity index (χ0) is 17.4.